The molecule has 2 heterocycles. The number of carbonyl (C=O) groups excluding carboxylic acids is 1. The minimum Gasteiger partial charge on any atom is -0.372 e. The van der Waals surface area contributed by atoms with Crippen LogP contribution < -0.4 is 10.6 Å². The van der Waals surface area contributed by atoms with Crippen molar-refractivity contribution in [3.05, 3.63) is 36.3 Å². The Labute approximate surface area is 111 Å². The summed E-state index contributed by atoms with van der Waals surface area (Å²) < 4.78 is 1.92. The van der Waals surface area contributed by atoms with E-state index in [-0.39, 0.29) is 5.91 Å². The van der Waals surface area contributed by atoms with Crippen molar-refractivity contribution in [2.45, 2.75) is 6.42 Å². The van der Waals surface area contributed by atoms with Crippen molar-refractivity contribution in [2.24, 2.45) is 7.05 Å². The van der Waals surface area contributed by atoms with Crippen molar-refractivity contribution >= 4 is 11.7 Å². The van der Waals surface area contributed by atoms with Crippen LogP contribution in [0, 0.1) is 0 Å². The quantitative estimate of drug-likeness (QED) is 0.803. The predicted molar refractivity (Wildman–Crippen MR) is 70.8 cm³/mol. The number of carbonyl (C=O) groups is 1. The van der Waals surface area contributed by atoms with Crippen LogP contribution in [-0.4, -0.2) is 39.0 Å². The van der Waals surface area contributed by atoms with Gasteiger partial charge in [-0.15, -0.1) is 0 Å². The van der Waals surface area contributed by atoms with Crippen LogP contribution in [-0.2, 0) is 13.5 Å². The predicted octanol–water partition coefficient (Wildman–Crippen LogP) is 0.224. The molecule has 0 saturated heterocycles. The topological polar surface area (TPSA) is 84.7 Å². The SMILES string of the molecule is CNc1cnc(C(=O)NCCc2nccn2C)cn1. The average Bonchev–Trinajstić information content (AvgIpc) is 2.84. The summed E-state index contributed by atoms with van der Waals surface area (Å²) in [5, 5.41) is 5.63. The summed E-state index contributed by atoms with van der Waals surface area (Å²) in [6.07, 6.45) is 7.26. The first-order chi connectivity index (χ1) is 9.20. The van der Waals surface area contributed by atoms with E-state index in [2.05, 4.69) is 25.6 Å². The van der Waals surface area contributed by atoms with E-state index >= 15 is 0 Å². The molecule has 2 rings (SSSR count). The van der Waals surface area contributed by atoms with Gasteiger partial charge in [0.1, 0.15) is 17.3 Å². The standard InChI is InChI=1S/C12H16N6O/c1-13-10-8-16-9(7-17-10)12(19)15-4-3-11-14-5-6-18(11)2/h5-8H,3-4H2,1-2H3,(H,13,17)(H,15,19). The minimum atomic E-state index is -0.232. The second kappa shape index (κ2) is 5.94. The van der Waals surface area contributed by atoms with Gasteiger partial charge in [0.15, 0.2) is 0 Å². The monoisotopic (exact) mass is 260 g/mol. The Morgan fingerprint density at radius 1 is 1.32 bits per heavy atom. The molecule has 1 amide bonds. The maximum atomic E-state index is 11.8. The Hall–Kier alpha value is -2.44. The number of anilines is 1. The van der Waals surface area contributed by atoms with Gasteiger partial charge in [0, 0.05) is 39.5 Å². The molecule has 19 heavy (non-hydrogen) atoms. The number of nitrogens with one attached hydrogen (secondary N) is 2. The van der Waals surface area contributed by atoms with Gasteiger partial charge in [-0.2, -0.15) is 0 Å². The van der Waals surface area contributed by atoms with Crippen molar-refractivity contribution in [2.75, 3.05) is 18.9 Å². The van der Waals surface area contributed by atoms with E-state index < -0.39 is 0 Å². The largest absolute Gasteiger partial charge is 0.372 e. The number of imidazole rings is 1. The van der Waals surface area contributed by atoms with E-state index in [1.54, 1.807) is 13.2 Å². The van der Waals surface area contributed by atoms with Crippen LogP contribution in [0.5, 0.6) is 0 Å². The average molecular weight is 260 g/mol. The summed E-state index contributed by atoms with van der Waals surface area (Å²) in [6, 6.07) is 0. The van der Waals surface area contributed by atoms with Crippen molar-refractivity contribution in [3.8, 4) is 0 Å². The minimum absolute atomic E-state index is 0.232. The van der Waals surface area contributed by atoms with Crippen LogP contribution in [0.15, 0.2) is 24.8 Å². The molecule has 7 nitrogen and oxygen atoms in total. The van der Waals surface area contributed by atoms with Crippen molar-refractivity contribution in [1.29, 1.82) is 0 Å². The molecule has 0 spiro atoms. The highest BCUT2D eigenvalue weighted by Crippen LogP contribution is 2.00. The van der Waals surface area contributed by atoms with Crippen molar-refractivity contribution in [1.82, 2.24) is 24.8 Å². The number of aryl methyl sites for hydroxylation is 1. The third-order valence-electron chi connectivity index (χ3n) is 2.70. The lowest BCUT2D eigenvalue weighted by Crippen LogP contribution is -2.27. The van der Waals surface area contributed by atoms with Crippen molar-refractivity contribution in [3.63, 3.8) is 0 Å². The normalized spacial score (nSPS) is 10.2. The molecular formula is C12H16N6O. The summed E-state index contributed by atoms with van der Waals surface area (Å²) in [7, 11) is 3.67. The number of hydrogen-bond donors (Lipinski definition) is 2. The number of aromatic nitrogens is 4. The lowest BCUT2D eigenvalue weighted by molar-refractivity contribution is 0.0948. The van der Waals surface area contributed by atoms with Gasteiger partial charge in [-0.3, -0.25) is 4.79 Å². The Kier molecular flexibility index (Phi) is 4.07. The maximum absolute atomic E-state index is 11.8. The van der Waals surface area contributed by atoms with E-state index in [9.17, 15) is 4.79 Å². The first-order valence-electron chi connectivity index (χ1n) is 5.95. The molecule has 2 N–H and O–H groups in total. The highest BCUT2D eigenvalue weighted by Gasteiger charge is 2.07. The van der Waals surface area contributed by atoms with E-state index in [1.165, 1.54) is 12.4 Å². The number of nitrogens with zero attached hydrogens (tertiary/aromatic N) is 4. The van der Waals surface area contributed by atoms with Crippen LogP contribution >= 0.6 is 0 Å². The Bertz CT molecular complexity index is 548. The van der Waals surface area contributed by atoms with Gasteiger partial charge in [-0.25, -0.2) is 15.0 Å². The molecule has 0 aliphatic heterocycles. The molecule has 0 saturated carbocycles. The first kappa shape index (κ1) is 13.0. The van der Waals surface area contributed by atoms with Crippen molar-refractivity contribution < 1.29 is 4.79 Å². The fourth-order valence-corrected chi connectivity index (χ4v) is 1.59. The van der Waals surface area contributed by atoms with Gasteiger partial charge in [0.25, 0.3) is 5.91 Å². The van der Waals surface area contributed by atoms with Crippen LogP contribution in [0.4, 0.5) is 5.82 Å². The molecule has 0 radical (unpaired) electrons. The molecule has 0 atom stereocenters. The summed E-state index contributed by atoms with van der Waals surface area (Å²) in [4.78, 5) is 24.0. The third kappa shape index (κ3) is 3.27. The van der Waals surface area contributed by atoms with Crippen LogP contribution in [0.1, 0.15) is 16.3 Å². The van der Waals surface area contributed by atoms with Gasteiger partial charge in [-0.05, 0) is 0 Å². The number of rotatable bonds is 5. The molecule has 0 aliphatic carbocycles. The zero-order chi connectivity index (χ0) is 13.7. The fourth-order valence-electron chi connectivity index (χ4n) is 1.59. The molecule has 0 aromatic carbocycles. The summed E-state index contributed by atoms with van der Waals surface area (Å²) >= 11 is 0. The Morgan fingerprint density at radius 2 is 2.16 bits per heavy atom. The zero-order valence-electron chi connectivity index (χ0n) is 10.9. The zero-order valence-corrected chi connectivity index (χ0v) is 10.9. The van der Waals surface area contributed by atoms with Crippen LogP contribution in [0.2, 0.25) is 0 Å². The molecule has 0 unspecified atom stereocenters. The highest BCUT2D eigenvalue weighted by molar-refractivity contribution is 5.91. The van der Waals surface area contributed by atoms with E-state index in [0.29, 0.717) is 24.5 Å². The second-order valence-corrected chi connectivity index (χ2v) is 4.00. The van der Waals surface area contributed by atoms with E-state index in [1.807, 2.05) is 17.8 Å². The second-order valence-electron chi connectivity index (χ2n) is 4.00. The fraction of sp³-hybridized carbons (Fsp3) is 0.333. The molecule has 0 aliphatic rings. The Balaban J connectivity index is 1.85. The van der Waals surface area contributed by atoms with Crippen LogP contribution in [0.25, 0.3) is 0 Å². The highest BCUT2D eigenvalue weighted by atomic mass is 16.1. The van der Waals surface area contributed by atoms with Gasteiger partial charge in [0.05, 0.1) is 12.4 Å². The number of hydrogen-bond acceptors (Lipinski definition) is 5. The molecule has 7 heteroatoms. The first-order valence-corrected chi connectivity index (χ1v) is 5.95. The van der Waals surface area contributed by atoms with Gasteiger partial charge >= 0.3 is 0 Å². The lowest BCUT2D eigenvalue weighted by atomic mass is 10.3. The third-order valence-corrected chi connectivity index (χ3v) is 2.70. The van der Waals surface area contributed by atoms with Crippen LogP contribution in [0.3, 0.4) is 0 Å². The molecule has 0 fully saturated rings. The van der Waals surface area contributed by atoms with Gasteiger partial charge in [-0.1, -0.05) is 0 Å². The Morgan fingerprint density at radius 3 is 2.74 bits per heavy atom. The molecule has 2 aromatic rings. The smallest absolute Gasteiger partial charge is 0.271 e. The van der Waals surface area contributed by atoms with E-state index in [0.717, 1.165) is 5.82 Å². The summed E-state index contributed by atoms with van der Waals surface area (Å²) in [5.74, 6) is 1.32. The molecule has 100 valence electrons. The maximum Gasteiger partial charge on any atom is 0.271 e. The lowest BCUT2D eigenvalue weighted by Gasteiger charge is -2.05. The molecule has 0 bridgehead atoms. The van der Waals surface area contributed by atoms with Gasteiger partial charge in [0.2, 0.25) is 0 Å². The number of amides is 1. The summed E-state index contributed by atoms with van der Waals surface area (Å²) in [6.45, 7) is 0.513. The molecule has 2 aromatic heterocycles. The van der Waals surface area contributed by atoms with Gasteiger partial charge < -0.3 is 15.2 Å². The molecular weight excluding hydrogens is 244 g/mol. The van der Waals surface area contributed by atoms with E-state index in [4.69, 9.17) is 0 Å². The summed E-state index contributed by atoms with van der Waals surface area (Å²) in [5.41, 5.74) is 0.304.